The van der Waals surface area contributed by atoms with Gasteiger partial charge in [-0.2, -0.15) is 0 Å². The monoisotopic (exact) mass is 140 g/mol. The minimum Gasteiger partial charge on any atom is -0.355 e. The lowest BCUT2D eigenvalue weighted by Gasteiger charge is -1.96. The Balaban J connectivity index is 2.82. The van der Waals surface area contributed by atoms with Gasteiger partial charge in [0.15, 0.2) is 6.79 Å². The summed E-state index contributed by atoms with van der Waals surface area (Å²) in [5, 5.41) is 0. The number of rotatable bonds is 4. The Hall–Kier alpha value is 0.110. The fourth-order valence-corrected chi connectivity index (χ4v) is 0.360. The summed E-state index contributed by atoms with van der Waals surface area (Å²) < 4.78 is 18.5. The SMILES string of the molecule is CCOCO[PH](=O)O. The van der Waals surface area contributed by atoms with Gasteiger partial charge in [-0.15, -0.1) is 0 Å². The maximum absolute atomic E-state index is 9.76. The molecule has 0 aromatic rings. The fourth-order valence-electron chi connectivity index (χ4n) is 0.175. The molecule has 0 fully saturated rings. The third-order valence-electron chi connectivity index (χ3n) is 0.470. The summed E-state index contributed by atoms with van der Waals surface area (Å²) >= 11 is 0. The lowest BCUT2D eigenvalue weighted by atomic mass is 10.9. The van der Waals surface area contributed by atoms with Gasteiger partial charge < -0.3 is 9.63 Å². The predicted octanol–water partition coefficient (Wildman–Crippen LogP) is 0.379. The molecule has 4 nitrogen and oxygen atoms in total. The minimum absolute atomic E-state index is 0.0925. The van der Waals surface area contributed by atoms with Crippen LogP contribution >= 0.6 is 8.25 Å². The van der Waals surface area contributed by atoms with Crippen LogP contribution in [0.3, 0.4) is 0 Å². The largest absolute Gasteiger partial charge is 0.355 e. The van der Waals surface area contributed by atoms with Crippen LogP contribution in [0.5, 0.6) is 0 Å². The maximum Gasteiger partial charge on any atom is 0.318 e. The molecule has 0 radical (unpaired) electrons. The molecule has 0 heterocycles. The molecule has 0 saturated carbocycles. The van der Waals surface area contributed by atoms with Crippen LogP contribution in [0.1, 0.15) is 6.92 Å². The molecule has 0 aromatic carbocycles. The quantitative estimate of drug-likeness (QED) is 0.348. The molecule has 0 aliphatic carbocycles. The Kier molecular flexibility index (Phi) is 5.32. The summed E-state index contributed by atoms with van der Waals surface area (Å²) in [5.41, 5.74) is 0. The van der Waals surface area contributed by atoms with E-state index in [0.717, 1.165) is 0 Å². The van der Waals surface area contributed by atoms with Crippen LogP contribution in [-0.4, -0.2) is 18.3 Å². The molecule has 0 aliphatic heterocycles. The molecular weight excluding hydrogens is 131 g/mol. The third-order valence-corrected chi connectivity index (χ3v) is 0.835. The molecule has 1 unspecified atom stereocenters. The van der Waals surface area contributed by atoms with Crippen molar-refractivity contribution in [2.75, 3.05) is 13.4 Å². The van der Waals surface area contributed by atoms with E-state index in [1.165, 1.54) is 0 Å². The van der Waals surface area contributed by atoms with E-state index in [2.05, 4.69) is 9.26 Å². The molecule has 0 saturated heterocycles. The van der Waals surface area contributed by atoms with Crippen LogP contribution in [0.25, 0.3) is 0 Å². The zero-order valence-electron chi connectivity index (χ0n) is 4.59. The maximum atomic E-state index is 9.76. The van der Waals surface area contributed by atoms with E-state index in [4.69, 9.17) is 4.89 Å². The third kappa shape index (κ3) is 6.11. The normalized spacial score (nSPS) is 13.8. The zero-order chi connectivity index (χ0) is 6.41. The highest BCUT2D eigenvalue weighted by Gasteiger charge is 1.87. The Morgan fingerprint density at radius 3 is 2.75 bits per heavy atom. The van der Waals surface area contributed by atoms with Crippen LogP contribution in [0.4, 0.5) is 0 Å². The zero-order valence-corrected chi connectivity index (χ0v) is 5.59. The van der Waals surface area contributed by atoms with Gasteiger partial charge in [0.05, 0.1) is 0 Å². The molecule has 0 spiro atoms. The van der Waals surface area contributed by atoms with Crippen molar-refractivity contribution in [3.05, 3.63) is 0 Å². The van der Waals surface area contributed by atoms with Gasteiger partial charge in [-0.1, -0.05) is 0 Å². The summed E-state index contributed by atoms with van der Waals surface area (Å²) in [4.78, 5) is 8.02. The lowest BCUT2D eigenvalue weighted by Crippen LogP contribution is -1.92. The second-order valence-electron chi connectivity index (χ2n) is 1.02. The van der Waals surface area contributed by atoms with Gasteiger partial charge >= 0.3 is 8.25 Å². The molecule has 5 heteroatoms. The summed E-state index contributed by atoms with van der Waals surface area (Å²) in [6.45, 7) is 2.18. The van der Waals surface area contributed by atoms with Crippen molar-refractivity contribution in [1.82, 2.24) is 0 Å². The first-order chi connectivity index (χ1) is 3.77. The molecule has 0 aromatic heterocycles. The van der Waals surface area contributed by atoms with Crippen molar-refractivity contribution in [3.8, 4) is 0 Å². The van der Waals surface area contributed by atoms with E-state index in [0.29, 0.717) is 6.61 Å². The van der Waals surface area contributed by atoms with Crippen molar-refractivity contribution in [2.45, 2.75) is 6.92 Å². The minimum atomic E-state index is -2.78. The summed E-state index contributed by atoms with van der Waals surface area (Å²) in [7, 11) is -2.78. The number of hydrogen-bond acceptors (Lipinski definition) is 3. The van der Waals surface area contributed by atoms with Crippen LogP contribution in [0.2, 0.25) is 0 Å². The van der Waals surface area contributed by atoms with E-state index in [-0.39, 0.29) is 6.79 Å². The van der Waals surface area contributed by atoms with Gasteiger partial charge in [0, 0.05) is 6.61 Å². The Labute approximate surface area is 48.4 Å². The van der Waals surface area contributed by atoms with Crippen molar-refractivity contribution >= 4 is 8.25 Å². The van der Waals surface area contributed by atoms with E-state index in [1.54, 1.807) is 6.92 Å². The highest BCUT2D eigenvalue weighted by Crippen LogP contribution is 2.12. The van der Waals surface area contributed by atoms with E-state index in [9.17, 15) is 4.57 Å². The van der Waals surface area contributed by atoms with Gasteiger partial charge in [-0.3, -0.25) is 9.09 Å². The molecule has 0 bridgehead atoms. The predicted molar refractivity (Wildman–Crippen MR) is 28.8 cm³/mol. The van der Waals surface area contributed by atoms with Crippen molar-refractivity contribution < 1.29 is 18.7 Å². The smallest absolute Gasteiger partial charge is 0.318 e. The lowest BCUT2D eigenvalue weighted by molar-refractivity contribution is 0.0209. The van der Waals surface area contributed by atoms with Crippen LogP contribution in [0, 0.1) is 0 Å². The summed E-state index contributed by atoms with van der Waals surface area (Å²) in [5.74, 6) is 0. The fraction of sp³-hybridized carbons (Fsp3) is 1.00. The average molecular weight is 140 g/mol. The van der Waals surface area contributed by atoms with Crippen LogP contribution < -0.4 is 0 Å². The van der Waals surface area contributed by atoms with Crippen molar-refractivity contribution in [1.29, 1.82) is 0 Å². The summed E-state index contributed by atoms with van der Waals surface area (Å²) in [6.07, 6.45) is 0. The van der Waals surface area contributed by atoms with E-state index in [1.807, 2.05) is 0 Å². The number of ether oxygens (including phenoxy) is 1. The molecule has 1 N–H and O–H groups in total. The van der Waals surface area contributed by atoms with Gasteiger partial charge in [0.1, 0.15) is 0 Å². The van der Waals surface area contributed by atoms with E-state index < -0.39 is 8.25 Å². The summed E-state index contributed by atoms with van der Waals surface area (Å²) in [6, 6.07) is 0. The second-order valence-corrected chi connectivity index (χ2v) is 1.84. The molecule has 0 amide bonds. The van der Waals surface area contributed by atoms with E-state index >= 15 is 0 Å². The molecule has 8 heavy (non-hydrogen) atoms. The van der Waals surface area contributed by atoms with Crippen molar-refractivity contribution in [3.63, 3.8) is 0 Å². The first-order valence-corrected chi connectivity index (χ1v) is 3.47. The topological polar surface area (TPSA) is 55.8 Å². The highest BCUT2D eigenvalue weighted by molar-refractivity contribution is 7.32. The highest BCUT2D eigenvalue weighted by atomic mass is 31.1. The molecule has 0 aliphatic rings. The van der Waals surface area contributed by atoms with Gasteiger partial charge in [-0.05, 0) is 6.92 Å². The molecule has 1 atom stereocenters. The first-order valence-electron chi connectivity index (χ1n) is 2.20. The average Bonchev–Trinajstić information content (AvgIpc) is 1.66. The molecular formula is C3H9O4P. The van der Waals surface area contributed by atoms with Gasteiger partial charge in [0.25, 0.3) is 0 Å². The van der Waals surface area contributed by atoms with Crippen molar-refractivity contribution in [2.24, 2.45) is 0 Å². The second kappa shape index (κ2) is 5.25. The molecule has 50 valence electrons. The van der Waals surface area contributed by atoms with Crippen LogP contribution in [0.15, 0.2) is 0 Å². The Morgan fingerprint density at radius 1 is 1.75 bits per heavy atom. The van der Waals surface area contributed by atoms with Crippen LogP contribution in [-0.2, 0) is 13.8 Å². The van der Waals surface area contributed by atoms with Gasteiger partial charge in [0.2, 0.25) is 0 Å². The Bertz CT molecular complexity index is 73.7. The first kappa shape index (κ1) is 8.11. The Morgan fingerprint density at radius 2 is 2.38 bits per heavy atom. The van der Waals surface area contributed by atoms with Gasteiger partial charge in [-0.25, -0.2) is 0 Å². The number of hydrogen-bond donors (Lipinski definition) is 1. The molecule has 0 rings (SSSR count). The standard InChI is InChI=1S/C3H9O4P/c1-2-6-3-7-8(4)5/h8H,2-3H2,1H3,(H,4,5).